The van der Waals surface area contributed by atoms with E-state index in [0.717, 1.165) is 22.1 Å². The first kappa shape index (κ1) is 15.5. The largest absolute Gasteiger partial charge is 0.306 e. The van der Waals surface area contributed by atoms with Crippen LogP contribution in [0.2, 0.25) is 5.02 Å². The van der Waals surface area contributed by atoms with Gasteiger partial charge in [0.15, 0.2) is 0 Å². The summed E-state index contributed by atoms with van der Waals surface area (Å²) in [6.45, 7) is 4.70. The average Bonchev–Trinajstić information content (AvgIpc) is 2.38. The molecule has 20 heavy (non-hydrogen) atoms. The van der Waals surface area contributed by atoms with Crippen molar-refractivity contribution in [1.29, 1.82) is 0 Å². The third-order valence-electron chi connectivity index (χ3n) is 3.09. The number of rotatable bonds is 4. The van der Waals surface area contributed by atoms with Gasteiger partial charge >= 0.3 is 0 Å². The number of benzene rings is 2. The molecule has 1 N–H and O–H groups in total. The molecular formula is C16H16BrClFN. The zero-order valence-corrected chi connectivity index (χ0v) is 13.7. The van der Waals surface area contributed by atoms with Crippen LogP contribution >= 0.6 is 27.5 Å². The summed E-state index contributed by atoms with van der Waals surface area (Å²) in [5.74, 6) is -0.211. The molecule has 0 bridgehead atoms. The van der Waals surface area contributed by atoms with Crippen LogP contribution in [0.15, 0.2) is 40.9 Å². The quantitative estimate of drug-likeness (QED) is 0.789. The fraction of sp³-hybridized carbons (Fsp3) is 0.250. The van der Waals surface area contributed by atoms with Crippen LogP contribution in [0.5, 0.6) is 0 Å². The van der Waals surface area contributed by atoms with Gasteiger partial charge in [-0.2, -0.15) is 0 Å². The van der Waals surface area contributed by atoms with Crippen LogP contribution in [0.3, 0.4) is 0 Å². The molecule has 1 atom stereocenters. The van der Waals surface area contributed by atoms with Gasteiger partial charge in [0.1, 0.15) is 5.82 Å². The molecule has 0 saturated carbocycles. The smallest absolute Gasteiger partial charge is 0.128 e. The summed E-state index contributed by atoms with van der Waals surface area (Å²) in [6, 6.07) is 10.6. The van der Waals surface area contributed by atoms with Crippen molar-refractivity contribution in [1.82, 2.24) is 5.32 Å². The summed E-state index contributed by atoms with van der Waals surface area (Å²) in [7, 11) is 0. The van der Waals surface area contributed by atoms with Crippen LogP contribution in [0.4, 0.5) is 4.39 Å². The van der Waals surface area contributed by atoms with E-state index in [1.807, 2.05) is 38.1 Å². The Kier molecular flexibility index (Phi) is 5.19. The minimum absolute atomic E-state index is 0.211. The van der Waals surface area contributed by atoms with E-state index in [2.05, 4.69) is 21.2 Å². The summed E-state index contributed by atoms with van der Waals surface area (Å²) in [4.78, 5) is 0. The van der Waals surface area contributed by atoms with E-state index in [4.69, 9.17) is 11.6 Å². The van der Waals surface area contributed by atoms with Crippen molar-refractivity contribution in [3.8, 4) is 0 Å². The van der Waals surface area contributed by atoms with Gasteiger partial charge in [-0.25, -0.2) is 4.39 Å². The van der Waals surface area contributed by atoms with Crippen molar-refractivity contribution in [2.45, 2.75) is 19.9 Å². The molecule has 0 amide bonds. The SMILES string of the molecule is CCNC(c1cc(Cl)cc(Br)c1)c1cc(C)ccc1F. The van der Waals surface area contributed by atoms with Crippen molar-refractivity contribution in [2.75, 3.05) is 6.54 Å². The molecule has 0 aliphatic rings. The molecule has 4 heteroatoms. The number of halogens is 3. The molecule has 1 unspecified atom stereocenters. The second-order valence-corrected chi connectivity index (χ2v) is 6.07. The minimum Gasteiger partial charge on any atom is -0.306 e. The molecule has 0 fully saturated rings. The lowest BCUT2D eigenvalue weighted by molar-refractivity contribution is 0.558. The standard InChI is InChI=1S/C16H16BrClFN/c1-3-20-16(11-7-12(17)9-13(18)8-11)14-6-10(2)4-5-15(14)19/h4-9,16,20H,3H2,1-2H3. The number of hydrogen-bond donors (Lipinski definition) is 1. The van der Waals surface area contributed by atoms with Crippen molar-refractivity contribution < 1.29 is 4.39 Å². The molecular weight excluding hydrogens is 341 g/mol. The third-order valence-corrected chi connectivity index (χ3v) is 3.77. The van der Waals surface area contributed by atoms with Gasteiger partial charge in [0.25, 0.3) is 0 Å². The van der Waals surface area contributed by atoms with E-state index in [-0.39, 0.29) is 11.9 Å². The monoisotopic (exact) mass is 355 g/mol. The molecule has 0 aliphatic heterocycles. The lowest BCUT2D eigenvalue weighted by Crippen LogP contribution is -2.23. The second-order valence-electron chi connectivity index (χ2n) is 4.72. The Morgan fingerprint density at radius 2 is 2.00 bits per heavy atom. The molecule has 1 nitrogen and oxygen atoms in total. The van der Waals surface area contributed by atoms with Gasteiger partial charge < -0.3 is 5.32 Å². The van der Waals surface area contributed by atoms with Crippen LogP contribution in [-0.4, -0.2) is 6.54 Å². The Morgan fingerprint density at radius 3 is 2.65 bits per heavy atom. The maximum absolute atomic E-state index is 14.1. The van der Waals surface area contributed by atoms with Gasteiger partial charge in [0, 0.05) is 15.1 Å². The lowest BCUT2D eigenvalue weighted by Gasteiger charge is -2.20. The maximum atomic E-state index is 14.1. The van der Waals surface area contributed by atoms with Gasteiger partial charge in [0.2, 0.25) is 0 Å². The average molecular weight is 357 g/mol. The highest BCUT2D eigenvalue weighted by Gasteiger charge is 2.18. The van der Waals surface area contributed by atoms with E-state index >= 15 is 0 Å². The highest BCUT2D eigenvalue weighted by molar-refractivity contribution is 9.10. The summed E-state index contributed by atoms with van der Waals surface area (Å²) in [5, 5.41) is 3.95. The third kappa shape index (κ3) is 3.60. The Hall–Kier alpha value is -0.900. The molecule has 0 spiro atoms. The molecule has 2 rings (SSSR count). The van der Waals surface area contributed by atoms with Gasteiger partial charge in [0.05, 0.1) is 6.04 Å². The van der Waals surface area contributed by atoms with Gasteiger partial charge in [-0.3, -0.25) is 0 Å². The zero-order chi connectivity index (χ0) is 14.7. The van der Waals surface area contributed by atoms with E-state index in [9.17, 15) is 4.39 Å². The molecule has 2 aromatic rings. The van der Waals surface area contributed by atoms with Gasteiger partial charge in [-0.1, -0.05) is 52.2 Å². The first-order valence-electron chi connectivity index (χ1n) is 6.46. The molecule has 0 radical (unpaired) electrons. The maximum Gasteiger partial charge on any atom is 0.128 e. The Balaban J connectivity index is 2.52. The topological polar surface area (TPSA) is 12.0 Å². The van der Waals surface area contributed by atoms with Crippen LogP contribution < -0.4 is 5.32 Å². The lowest BCUT2D eigenvalue weighted by atomic mass is 9.96. The van der Waals surface area contributed by atoms with Crippen LogP contribution in [0.25, 0.3) is 0 Å². The Bertz CT molecular complexity index is 595. The van der Waals surface area contributed by atoms with Crippen LogP contribution in [-0.2, 0) is 0 Å². The van der Waals surface area contributed by atoms with E-state index in [1.54, 1.807) is 6.07 Å². The zero-order valence-electron chi connectivity index (χ0n) is 11.4. The first-order chi connectivity index (χ1) is 9.51. The van der Waals surface area contributed by atoms with Crippen molar-refractivity contribution >= 4 is 27.5 Å². The van der Waals surface area contributed by atoms with Crippen molar-refractivity contribution in [2.24, 2.45) is 0 Å². The fourth-order valence-electron chi connectivity index (χ4n) is 2.24. The van der Waals surface area contributed by atoms with Crippen LogP contribution in [0, 0.1) is 12.7 Å². The predicted molar refractivity (Wildman–Crippen MR) is 85.8 cm³/mol. The summed E-state index contributed by atoms with van der Waals surface area (Å²) < 4.78 is 15.0. The van der Waals surface area contributed by atoms with E-state index in [0.29, 0.717) is 10.6 Å². The molecule has 106 valence electrons. The summed E-state index contributed by atoms with van der Waals surface area (Å²) in [5.41, 5.74) is 2.61. The second kappa shape index (κ2) is 6.70. The first-order valence-corrected chi connectivity index (χ1v) is 7.63. The minimum atomic E-state index is -0.213. The molecule has 0 saturated heterocycles. The molecule has 0 heterocycles. The van der Waals surface area contributed by atoms with Gasteiger partial charge in [-0.05, 0) is 43.3 Å². The van der Waals surface area contributed by atoms with E-state index in [1.165, 1.54) is 6.07 Å². The number of hydrogen-bond acceptors (Lipinski definition) is 1. The summed E-state index contributed by atoms with van der Waals surface area (Å²) >= 11 is 9.53. The number of nitrogens with one attached hydrogen (secondary N) is 1. The Labute approximate surface area is 132 Å². The normalized spacial score (nSPS) is 12.4. The fourth-order valence-corrected chi connectivity index (χ4v) is 3.12. The number of aryl methyl sites for hydroxylation is 1. The molecule has 0 aromatic heterocycles. The van der Waals surface area contributed by atoms with E-state index < -0.39 is 0 Å². The van der Waals surface area contributed by atoms with Gasteiger partial charge in [-0.15, -0.1) is 0 Å². The highest BCUT2D eigenvalue weighted by Crippen LogP contribution is 2.29. The molecule has 0 aliphatic carbocycles. The Morgan fingerprint density at radius 1 is 1.25 bits per heavy atom. The van der Waals surface area contributed by atoms with Crippen molar-refractivity contribution in [3.05, 3.63) is 68.4 Å². The summed E-state index contributed by atoms with van der Waals surface area (Å²) in [6.07, 6.45) is 0. The van der Waals surface area contributed by atoms with Crippen LogP contribution in [0.1, 0.15) is 29.7 Å². The predicted octanol–water partition coefficient (Wildman–Crippen LogP) is 5.25. The van der Waals surface area contributed by atoms with Crippen molar-refractivity contribution in [3.63, 3.8) is 0 Å². The highest BCUT2D eigenvalue weighted by atomic mass is 79.9. The molecule has 2 aromatic carbocycles.